The summed E-state index contributed by atoms with van der Waals surface area (Å²) in [7, 11) is 1.80. The van der Waals surface area contributed by atoms with Crippen molar-refractivity contribution in [2.45, 2.75) is 181 Å². The summed E-state index contributed by atoms with van der Waals surface area (Å²) in [4.78, 5) is 65.2. The normalized spacial score (nSPS) is 28.3. The number of aliphatic hydroxyl groups is 2. The third-order valence-electron chi connectivity index (χ3n) is 13.3. The van der Waals surface area contributed by atoms with Crippen LogP contribution >= 0.6 is 0 Å². The number of aliphatic hydroxyl groups excluding tert-OH is 1. The van der Waals surface area contributed by atoms with Crippen molar-refractivity contribution in [1.29, 1.82) is 0 Å². The third kappa shape index (κ3) is 15.9. The number of piperidine rings is 1. The molecule has 1 saturated carbocycles. The van der Waals surface area contributed by atoms with Crippen molar-refractivity contribution in [1.82, 2.24) is 4.90 Å². The van der Waals surface area contributed by atoms with Crippen LogP contribution in [-0.2, 0) is 33.4 Å². The molecule has 3 fully saturated rings. The molecule has 0 aromatic carbocycles. The first-order chi connectivity index (χ1) is 28.4. The molecule has 3 N–H and O–H groups in total. The van der Waals surface area contributed by atoms with E-state index >= 15 is 0 Å². The Hall–Kier alpha value is -3.25. The molecule has 3 aliphatic rings. The topological polar surface area (TPSA) is 168 Å². The number of allylic oxidation sites excluding steroid dienone is 7. The first kappa shape index (κ1) is 51.1. The lowest BCUT2D eigenvalue weighted by Gasteiger charge is -2.42. The minimum absolute atomic E-state index is 0.00420. The van der Waals surface area contributed by atoms with Gasteiger partial charge in [0.05, 0.1) is 18.3 Å². The fourth-order valence-electron chi connectivity index (χ4n) is 9.16. The molecule has 11 unspecified atom stereocenters. The number of amides is 1. The zero-order valence-corrected chi connectivity index (χ0v) is 37.9. The number of methoxy groups -OCH3 is 1. The molecule has 0 spiro atoms. The molecule has 0 radical (unpaired) electrons. The summed E-state index contributed by atoms with van der Waals surface area (Å²) < 4.78 is 11.5. The van der Waals surface area contributed by atoms with Gasteiger partial charge in [-0.2, -0.15) is 0 Å². The lowest BCUT2D eigenvalue weighted by Crippen LogP contribution is -2.60. The maximum Gasteiger partial charge on any atom is 0.326 e. The van der Waals surface area contributed by atoms with Gasteiger partial charge in [-0.05, 0) is 114 Å². The van der Waals surface area contributed by atoms with Crippen molar-refractivity contribution in [2.75, 3.05) is 13.7 Å². The first-order valence-corrected chi connectivity index (χ1v) is 22.8. The number of hydrogen-bond donors (Lipinski definition) is 3. The quantitative estimate of drug-likeness (QED) is 0.0516. The summed E-state index contributed by atoms with van der Waals surface area (Å²) in [6.45, 7) is 13.7. The summed E-state index contributed by atoms with van der Waals surface area (Å²) in [5.41, 5.74) is 1.73. The standard InChI is InChI=1S/C49H77NO10/c1-32(20-23-40-24-22-38(7)49(58,60-40)46(54)47(55)50-26-13-12-19-42(50)48(56)57)15-10-9-11-16-33(2)27-35(4)44(52)31-45(53)37(6)29-36(5)43(51)25-21-34(3)28-39-17-14-18-41(30-39)59-8/h9-11,15-16,29,33-36,38-42,45,53,58H,12-14,17-28,30-31H2,1-8H3,(H,56,57). The summed E-state index contributed by atoms with van der Waals surface area (Å²) in [5, 5.41) is 31.7. The van der Waals surface area contributed by atoms with Crippen molar-refractivity contribution in [3.63, 3.8) is 0 Å². The highest BCUT2D eigenvalue weighted by Gasteiger charge is 2.52. The van der Waals surface area contributed by atoms with Gasteiger partial charge < -0.3 is 29.7 Å². The van der Waals surface area contributed by atoms with Crippen LogP contribution in [-0.4, -0.2) is 93.2 Å². The fraction of sp³-hybridized carbons (Fsp3) is 0.735. The molecule has 11 heteroatoms. The highest BCUT2D eigenvalue weighted by atomic mass is 16.6. The van der Waals surface area contributed by atoms with Gasteiger partial charge in [0.2, 0.25) is 5.79 Å². The van der Waals surface area contributed by atoms with Gasteiger partial charge in [-0.15, -0.1) is 0 Å². The number of rotatable bonds is 23. The SMILES string of the molecule is COC1CCCC(CC(C)CCC(=O)C(C)C=C(C)C(O)CC(=O)C(C)CC(C)C=CC=CC=C(C)CCC2CCC(C)C(O)(C(=O)C(=O)N3CCCCC3C(=O)O)O2)C1. The molecule has 0 aromatic rings. The number of aliphatic carboxylic acids is 1. The third-order valence-corrected chi connectivity index (χ3v) is 13.3. The molecule has 2 aliphatic heterocycles. The van der Waals surface area contributed by atoms with E-state index in [1.165, 1.54) is 12.8 Å². The Balaban J connectivity index is 1.38. The van der Waals surface area contributed by atoms with Crippen LogP contribution < -0.4 is 0 Å². The van der Waals surface area contributed by atoms with Gasteiger partial charge in [0.25, 0.3) is 11.7 Å². The summed E-state index contributed by atoms with van der Waals surface area (Å²) in [6, 6.07) is -1.08. The summed E-state index contributed by atoms with van der Waals surface area (Å²) >= 11 is 0. The first-order valence-electron chi connectivity index (χ1n) is 22.8. The van der Waals surface area contributed by atoms with Crippen LogP contribution in [0.1, 0.15) is 151 Å². The maximum atomic E-state index is 13.3. The van der Waals surface area contributed by atoms with Crippen LogP contribution in [0, 0.1) is 35.5 Å². The van der Waals surface area contributed by atoms with Crippen LogP contribution in [0.2, 0.25) is 0 Å². The second-order valence-corrected chi connectivity index (χ2v) is 18.6. The van der Waals surface area contributed by atoms with Gasteiger partial charge in [-0.1, -0.05) is 89.5 Å². The van der Waals surface area contributed by atoms with E-state index in [1.54, 1.807) is 21.0 Å². The van der Waals surface area contributed by atoms with Gasteiger partial charge in [-0.3, -0.25) is 19.2 Å². The van der Waals surface area contributed by atoms with E-state index in [1.807, 2.05) is 57.2 Å². The zero-order chi connectivity index (χ0) is 44.6. The molecule has 11 nitrogen and oxygen atoms in total. The Morgan fingerprint density at radius 1 is 0.917 bits per heavy atom. The zero-order valence-electron chi connectivity index (χ0n) is 37.9. The number of carboxylic acids is 1. The smallest absolute Gasteiger partial charge is 0.326 e. The predicted octanol–water partition coefficient (Wildman–Crippen LogP) is 8.51. The summed E-state index contributed by atoms with van der Waals surface area (Å²) in [6.07, 6.45) is 22.4. The van der Waals surface area contributed by atoms with Gasteiger partial charge in [0.15, 0.2) is 0 Å². The number of likely N-dealkylation sites (tertiary alicyclic amines) is 1. The Bertz CT molecular complexity index is 1560. The van der Waals surface area contributed by atoms with Gasteiger partial charge in [-0.25, -0.2) is 4.79 Å². The van der Waals surface area contributed by atoms with Gasteiger partial charge >= 0.3 is 5.97 Å². The van der Waals surface area contributed by atoms with E-state index in [0.717, 1.165) is 36.2 Å². The molecule has 1 aliphatic carbocycles. The number of ketones is 3. The van der Waals surface area contributed by atoms with Gasteiger partial charge in [0, 0.05) is 44.2 Å². The lowest BCUT2D eigenvalue weighted by molar-refractivity contribution is -0.263. The van der Waals surface area contributed by atoms with Gasteiger partial charge in [0.1, 0.15) is 17.6 Å². The second kappa shape index (κ2) is 25.0. The van der Waals surface area contributed by atoms with E-state index in [-0.39, 0.29) is 48.7 Å². The van der Waals surface area contributed by atoms with Crippen LogP contribution in [0.3, 0.4) is 0 Å². The van der Waals surface area contributed by atoms with Crippen LogP contribution in [0.4, 0.5) is 0 Å². The fourth-order valence-corrected chi connectivity index (χ4v) is 9.16. The molecule has 338 valence electrons. The maximum absolute atomic E-state index is 13.3. The minimum atomic E-state index is -2.29. The Kier molecular flexibility index (Phi) is 21.3. The number of carbonyl (C=O) groups is 5. The minimum Gasteiger partial charge on any atom is -0.480 e. The molecule has 1 amide bonds. The van der Waals surface area contributed by atoms with Crippen molar-refractivity contribution in [2.24, 2.45) is 35.5 Å². The largest absolute Gasteiger partial charge is 0.480 e. The number of hydrogen-bond acceptors (Lipinski definition) is 9. The lowest BCUT2D eigenvalue weighted by atomic mass is 9.80. The molecular formula is C49H77NO10. The van der Waals surface area contributed by atoms with Crippen molar-refractivity contribution in [3.05, 3.63) is 47.6 Å². The molecule has 2 saturated heterocycles. The molecular weight excluding hydrogens is 763 g/mol. The Morgan fingerprint density at radius 3 is 2.35 bits per heavy atom. The number of ether oxygens (including phenoxy) is 2. The van der Waals surface area contributed by atoms with Crippen LogP contribution in [0.15, 0.2) is 47.6 Å². The number of carboxylic acid groups (broad SMARTS) is 1. The monoisotopic (exact) mass is 840 g/mol. The number of Topliss-reactive ketones (excluding diaryl/α,β-unsaturated/α-hetero) is 3. The molecule has 2 heterocycles. The molecule has 0 bridgehead atoms. The number of carbonyl (C=O) groups excluding carboxylic acids is 4. The second-order valence-electron chi connectivity index (χ2n) is 18.6. The van der Waals surface area contributed by atoms with Crippen LogP contribution in [0.5, 0.6) is 0 Å². The Morgan fingerprint density at radius 2 is 1.65 bits per heavy atom. The highest BCUT2D eigenvalue weighted by Crippen LogP contribution is 2.36. The average molecular weight is 840 g/mol. The van der Waals surface area contributed by atoms with Crippen LogP contribution in [0.25, 0.3) is 0 Å². The molecule has 0 aromatic heterocycles. The summed E-state index contributed by atoms with van der Waals surface area (Å²) in [5.74, 6) is -5.24. The molecule has 11 atom stereocenters. The predicted molar refractivity (Wildman–Crippen MR) is 234 cm³/mol. The average Bonchev–Trinajstić information content (AvgIpc) is 3.22. The van der Waals surface area contributed by atoms with E-state index in [4.69, 9.17) is 9.47 Å². The molecule has 3 rings (SSSR count). The van der Waals surface area contributed by atoms with E-state index < -0.39 is 47.6 Å². The van der Waals surface area contributed by atoms with E-state index in [2.05, 4.69) is 13.8 Å². The highest BCUT2D eigenvalue weighted by molar-refractivity contribution is 6.39. The van der Waals surface area contributed by atoms with E-state index in [0.29, 0.717) is 74.9 Å². The van der Waals surface area contributed by atoms with Crippen molar-refractivity contribution >= 4 is 29.2 Å². The number of nitrogens with zero attached hydrogens (tertiary/aromatic N) is 1. The Labute approximate surface area is 360 Å². The van der Waals surface area contributed by atoms with Crippen molar-refractivity contribution in [3.8, 4) is 0 Å². The van der Waals surface area contributed by atoms with E-state index in [9.17, 15) is 39.3 Å². The van der Waals surface area contributed by atoms with Crippen molar-refractivity contribution < 1.29 is 48.8 Å². The molecule has 60 heavy (non-hydrogen) atoms.